The van der Waals surface area contributed by atoms with Crippen LogP contribution in [0.2, 0.25) is 0 Å². The van der Waals surface area contributed by atoms with E-state index in [-0.39, 0.29) is 25.0 Å². The van der Waals surface area contributed by atoms with Crippen molar-refractivity contribution in [1.82, 2.24) is 9.80 Å². The van der Waals surface area contributed by atoms with Gasteiger partial charge in [-0.15, -0.1) is 0 Å². The van der Waals surface area contributed by atoms with Crippen molar-refractivity contribution in [3.05, 3.63) is 0 Å². The molecule has 0 aliphatic carbocycles. The number of carbonyl (C=O) groups excluding carboxylic acids is 2. The molecule has 114 valence electrons. The van der Waals surface area contributed by atoms with Gasteiger partial charge in [0.25, 0.3) is 0 Å². The average molecular weight is 285 g/mol. The minimum absolute atomic E-state index is 0.170. The van der Waals surface area contributed by atoms with E-state index in [1.54, 1.807) is 6.92 Å². The van der Waals surface area contributed by atoms with E-state index in [9.17, 15) is 14.4 Å². The highest BCUT2D eigenvalue weighted by Crippen LogP contribution is 2.30. The molecule has 0 aromatic heterocycles. The van der Waals surface area contributed by atoms with Gasteiger partial charge in [0.05, 0.1) is 5.41 Å². The normalized spacial score (nSPS) is 22.1. The summed E-state index contributed by atoms with van der Waals surface area (Å²) in [5.74, 6) is -1.30. The van der Waals surface area contributed by atoms with Crippen LogP contribution in [0, 0.1) is 11.3 Å². The van der Waals surface area contributed by atoms with E-state index < -0.39 is 17.3 Å². The van der Waals surface area contributed by atoms with Gasteiger partial charge < -0.3 is 20.6 Å². The van der Waals surface area contributed by atoms with E-state index in [0.29, 0.717) is 19.5 Å². The van der Waals surface area contributed by atoms with Gasteiger partial charge >= 0.3 is 12.0 Å². The van der Waals surface area contributed by atoms with Crippen LogP contribution in [0.15, 0.2) is 0 Å². The van der Waals surface area contributed by atoms with Crippen molar-refractivity contribution in [3.63, 3.8) is 0 Å². The minimum Gasteiger partial charge on any atom is -0.480 e. The smallest absolute Gasteiger partial charge is 0.323 e. The van der Waals surface area contributed by atoms with Crippen molar-refractivity contribution in [2.24, 2.45) is 17.1 Å². The Morgan fingerprint density at radius 1 is 1.40 bits per heavy atom. The van der Waals surface area contributed by atoms with Crippen molar-refractivity contribution in [1.29, 1.82) is 0 Å². The summed E-state index contributed by atoms with van der Waals surface area (Å²) in [6, 6.07) is -0.342. The molecule has 1 fully saturated rings. The fraction of sp³-hybridized carbons (Fsp3) is 0.769. The lowest BCUT2D eigenvalue weighted by atomic mass is 9.89. The number of amides is 3. The van der Waals surface area contributed by atoms with Crippen LogP contribution in [0.1, 0.15) is 27.2 Å². The molecule has 20 heavy (non-hydrogen) atoms. The van der Waals surface area contributed by atoms with E-state index >= 15 is 0 Å². The van der Waals surface area contributed by atoms with E-state index in [1.165, 1.54) is 9.80 Å². The number of carboxylic acid groups (broad SMARTS) is 1. The van der Waals surface area contributed by atoms with Crippen LogP contribution >= 0.6 is 0 Å². The van der Waals surface area contributed by atoms with Gasteiger partial charge in [0.15, 0.2) is 0 Å². The largest absolute Gasteiger partial charge is 0.480 e. The quantitative estimate of drug-likeness (QED) is 0.760. The van der Waals surface area contributed by atoms with Crippen molar-refractivity contribution in [3.8, 4) is 0 Å². The van der Waals surface area contributed by atoms with Gasteiger partial charge in [0, 0.05) is 19.6 Å². The molecule has 7 nitrogen and oxygen atoms in total. The maximum Gasteiger partial charge on any atom is 0.323 e. The molecule has 0 radical (unpaired) electrons. The summed E-state index contributed by atoms with van der Waals surface area (Å²) in [5.41, 5.74) is 4.63. The monoisotopic (exact) mass is 285 g/mol. The first-order chi connectivity index (χ1) is 9.15. The van der Waals surface area contributed by atoms with E-state index in [1.807, 2.05) is 13.8 Å². The SMILES string of the molecule is CC(C)CN(CC(=O)O)C(=O)N1CCC(C)(C(N)=O)C1. The summed E-state index contributed by atoms with van der Waals surface area (Å²) in [4.78, 5) is 37.4. The lowest BCUT2D eigenvalue weighted by Crippen LogP contribution is -2.47. The summed E-state index contributed by atoms with van der Waals surface area (Å²) in [7, 11) is 0. The second-order valence-corrected chi connectivity index (χ2v) is 6.05. The van der Waals surface area contributed by atoms with E-state index in [4.69, 9.17) is 10.8 Å². The zero-order chi connectivity index (χ0) is 15.5. The third kappa shape index (κ3) is 3.85. The van der Waals surface area contributed by atoms with Crippen molar-refractivity contribution < 1.29 is 19.5 Å². The van der Waals surface area contributed by atoms with Crippen molar-refractivity contribution in [2.75, 3.05) is 26.2 Å². The first-order valence-corrected chi connectivity index (χ1v) is 6.71. The number of likely N-dealkylation sites (tertiary alicyclic amines) is 1. The Morgan fingerprint density at radius 3 is 2.40 bits per heavy atom. The van der Waals surface area contributed by atoms with Gasteiger partial charge in [-0.25, -0.2) is 4.79 Å². The summed E-state index contributed by atoms with van der Waals surface area (Å²) in [6.45, 7) is 6.27. The molecule has 1 aliphatic rings. The molecule has 7 heteroatoms. The van der Waals surface area contributed by atoms with Gasteiger partial charge in [0.1, 0.15) is 6.54 Å². The first kappa shape index (κ1) is 16.3. The predicted octanol–water partition coefficient (Wildman–Crippen LogP) is 0.346. The maximum atomic E-state index is 12.4. The molecule has 3 N–H and O–H groups in total. The Balaban J connectivity index is 2.76. The molecule has 0 bridgehead atoms. The third-order valence-corrected chi connectivity index (χ3v) is 3.52. The molecular weight excluding hydrogens is 262 g/mol. The number of urea groups is 1. The Hall–Kier alpha value is -1.79. The molecular formula is C13H23N3O4. The van der Waals surface area contributed by atoms with Gasteiger partial charge in [-0.2, -0.15) is 0 Å². The number of aliphatic carboxylic acids is 1. The predicted molar refractivity (Wildman–Crippen MR) is 72.9 cm³/mol. The lowest BCUT2D eigenvalue weighted by molar-refractivity contribution is -0.138. The summed E-state index contributed by atoms with van der Waals surface area (Å²) in [6.07, 6.45) is 0.511. The summed E-state index contributed by atoms with van der Waals surface area (Å²) >= 11 is 0. The molecule has 1 aliphatic heterocycles. The topological polar surface area (TPSA) is 104 Å². The summed E-state index contributed by atoms with van der Waals surface area (Å²) < 4.78 is 0. The molecule has 3 amide bonds. The molecule has 1 atom stereocenters. The highest BCUT2D eigenvalue weighted by atomic mass is 16.4. The third-order valence-electron chi connectivity index (χ3n) is 3.52. The molecule has 0 saturated carbocycles. The van der Waals surface area contributed by atoms with E-state index in [2.05, 4.69) is 0 Å². The highest BCUT2D eigenvalue weighted by Gasteiger charge is 2.41. The van der Waals surface area contributed by atoms with Crippen LogP contribution in [0.3, 0.4) is 0 Å². The van der Waals surface area contributed by atoms with E-state index in [0.717, 1.165) is 0 Å². The van der Waals surface area contributed by atoms with Crippen LogP contribution in [0.5, 0.6) is 0 Å². The number of hydrogen-bond acceptors (Lipinski definition) is 3. The molecule has 0 spiro atoms. The standard InChI is InChI=1S/C13H23N3O4/c1-9(2)6-16(7-10(17)18)12(20)15-5-4-13(3,8-15)11(14)19/h9H,4-8H2,1-3H3,(H2,14,19)(H,17,18). The zero-order valence-electron chi connectivity index (χ0n) is 12.3. The van der Waals surface area contributed by atoms with Gasteiger partial charge in [-0.05, 0) is 19.3 Å². The second kappa shape index (κ2) is 6.11. The van der Waals surface area contributed by atoms with Crippen LogP contribution < -0.4 is 5.73 Å². The molecule has 1 unspecified atom stereocenters. The number of nitrogens with zero attached hydrogens (tertiary/aromatic N) is 2. The van der Waals surface area contributed by atoms with Crippen LogP contribution in [0.25, 0.3) is 0 Å². The second-order valence-electron chi connectivity index (χ2n) is 6.05. The number of primary amides is 1. The Kier molecular flexibility index (Phi) is 4.97. The van der Waals surface area contributed by atoms with Crippen LogP contribution in [-0.2, 0) is 9.59 Å². The Morgan fingerprint density at radius 2 is 2.00 bits per heavy atom. The molecule has 1 rings (SSSR count). The number of nitrogens with two attached hydrogens (primary N) is 1. The van der Waals surface area contributed by atoms with Gasteiger partial charge in [-0.3, -0.25) is 9.59 Å². The zero-order valence-corrected chi connectivity index (χ0v) is 12.3. The maximum absolute atomic E-state index is 12.4. The number of carboxylic acids is 1. The van der Waals surface area contributed by atoms with Crippen LogP contribution in [-0.4, -0.2) is 59.0 Å². The average Bonchev–Trinajstić information content (AvgIpc) is 2.70. The Labute approximate surface area is 118 Å². The molecule has 1 saturated heterocycles. The molecule has 0 aromatic carbocycles. The molecule has 0 aromatic rings. The summed E-state index contributed by atoms with van der Waals surface area (Å²) in [5, 5.41) is 8.89. The van der Waals surface area contributed by atoms with Gasteiger partial charge in [0.2, 0.25) is 5.91 Å². The number of rotatable bonds is 5. The number of carbonyl (C=O) groups is 3. The molecule has 1 heterocycles. The number of hydrogen-bond donors (Lipinski definition) is 2. The van der Waals surface area contributed by atoms with Crippen molar-refractivity contribution >= 4 is 17.9 Å². The van der Waals surface area contributed by atoms with Gasteiger partial charge in [-0.1, -0.05) is 13.8 Å². The fourth-order valence-electron chi connectivity index (χ4n) is 2.34. The highest BCUT2D eigenvalue weighted by molar-refractivity contribution is 5.84. The van der Waals surface area contributed by atoms with Crippen molar-refractivity contribution in [2.45, 2.75) is 27.2 Å². The fourth-order valence-corrected chi connectivity index (χ4v) is 2.34. The lowest BCUT2D eigenvalue weighted by Gasteiger charge is -2.29. The first-order valence-electron chi connectivity index (χ1n) is 6.71. The van der Waals surface area contributed by atoms with Crippen LogP contribution in [0.4, 0.5) is 4.79 Å². The minimum atomic E-state index is -1.05. The Bertz CT molecular complexity index is 410.